The van der Waals surface area contributed by atoms with E-state index in [1.54, 1.807) is 43.6 Å². The smallest absolute Gasteiger partial charge is 0.323 e. The van der Waals surface area contributed by atoms with Crippen LogP contribution in [0.1, 0.15) is 67.2 Å². The molecule has 0 saturated carbocycles. The maximum atomic E-state index is 13.3. The summed E-state index contributed by atoms with van der Waals surface area (Å²) in [5.41, 5.74) is 4.27. The zero-order chi connectivity index (χ0) is 41.5. The number of likely N-dealkylation sites (N-methyl/N-ethyl adjacent to an activating group) is 1. The van der Waals surface area contributed by atoms with Gasteiger partial charge in [0.2, 0.25) is 10.0 Å². The summed E-state index contributed by atoms with van der Waals surface area (Å²) in [6.45, 7) is 11.4. The normalized spacial score (nSPS) is 13.9. The number of pyridine rings is 1. The van der Waals surface area contributed by atoms with Gasteiger partial charge in [0.05, 0.1) is 30.3 Å². The van der Waals surface area contributed by atoms with Gasteiger partial charge in [-0.25, -0.2) is 13.2 Å². The predicted octanol–water partition coefficient (Wildman–Crippen LogP) is 8.54. The number of aromatic nitrogens is 1. The topological polar surface area (TPSA) is 142 Å². The van der Waals surface area contributed by atoms with Crippen LogP contribution in [-0.2, 0) is 21.9 Å². The fraction of sp³-hybridized carbons (Fsp3) is 0.356. The largest absolute Gasteiger partial charge is 0.496 e. The first-order chi connectivity index (χ1) is 27.6. The van der Waals surface area contributed by atoms with Gasteiger partial charge in [-0.15, -0.1) is 0 Å². The van der Waals surface area contributed by atoms with Crippen molar-refractivity contribution in [3.63, 3.8) is 0 Å². The van der Waals surface area contributed by atoms with E-state index in [1.165, 1.54) is 0 Å². The number of anilines is 3. The quantitative estimate of drug-likeness (QED) is 0.0701. The molecule has 0 radical (unpaired) electrons. The zero-order valence-electron chi connectivity index (χ0n) is 34.2. The van der Waals surface area contributed by atoms with Crippen molar-refractivity contribution in [1.29, 1.82) is 0 Å². The molecule has 1 fully saturated rings. The van der Waals surface area contributed by atoms with Crippen molar-refractivity contribution in [1.82, 2.24) is 14.8 Å². The second kappa shape index (κ2) is 18.4. The monoisotopic (exact) mass is 806 g/mol. The number of nitrogens with zero attached hydrogens (tertiary/aromatic N) is 3. The van der Waals surface area contributed by atoms with Crippen LogP contribution in [0.15, 0.2) is 91.1 Å². The average Bonchev–Trinajstić information content (AvgIpc) is 3.17. The van der Waals surface area contributed by atoms with E-state index in [2.05, 4.69) is 37.2 Å². The Morgan fingerprint density at radius 3 is 2.29 bits per heavy atom. The molecule has 3 N–H and O–H groups in total. The number of hydrogen-bond acceptors (Lipinski definition) is 9. The van der Waals surface area contributed by atoms with Crippen LogP contribution in [0.5, 0.6) is 17.2 Å². The molecule has 1 aromatic heterocycles. The number of fused-ring (bicyclic) bond motifs is 1. The van der Waals surface area contributed by atoms with Crippen LogP contribution in [0.4, 0.5) is 21.9 Å². The molecule has 306 valence electrons. The molecule has 58 heavy (non-hydrogen) atoms. The van der Waals surface area contributed by atoms with E-state index in [0.717, 1.165) is 79.4 Å². The third-order valence-corrected chi connectivity index (χ3v) is 10.8. The number of benzene rings is 4. The average molecular weight is 807 g/mol. The van der Waals surface area contributed by atoms with Crippen molar-refractivity contribution in [2.24, 2.45) is 0 Å². The van der Waals surface area contributed by atoms with Gasteiger partial charge in [-0.1, -0.05) is 51.1 Å². The Balaban J connectivity index is 1.10. The fourth-order valence-electron chi connectivity index (χ4n) is 7.02. The van der Waals surface area contributed by atoms with Crippen LogP contribution in [0.2, 0.25) is 0 Å². The Hall–Kier alpha value is -5.50. The second-order valence-electron chi connectivity index (χ2n) is 16.0. The first-order valence-corrected chi connectivity index (χ1v) is 21.5. The number of sulfonamides is 1. The summed E-state index contributed by atoms with van der Waals surface area (Å²) < 4.78 is 38.5. The highest BCUT2D eigenvalue weighted by atomic mass is 32.2. The molecule has 1 aliphatic rings. The molecule has 12 nitrogen and oxygen atoms in total. The van der Waals surface area contributed by atoms with E-state index < -0.39 is 16.1 Å². The highest BCUT2D eigenvalue weighted by molar-refractivity contribution is 7.92. The summed E-state index contributed by atoms with van der Waals surface area (Å²) >= 11 is 0. The van der Waals surface area contributed by atoms with Crippen LogP contribution in [0, 0.1) is 0 Å². The van der Waals surface area contributed by atoms with Gasteiger partial charge in [0.1, 0.15) is 17.2 Å². The number of rotatable bonds is 15. The summed E-state index contributed by atoms with van der Waals surface area (Å²) in [6, 6.07) is 25.3. The lowest BCUT2D eigenvalue weighted by Crippen LogP contribution is -2.44. The lowest BCUT2D eigenvalue weighted by atomic mass is 9.86. The molecule has 1 aliphatic heterocycles. The Labute approximate surface area is 342 Å². The summed E-state index contributed by atoms with van der Waals surface area (Å²) in [7, 11) is 0.224. The Kier molecular flexibility index (Phi) is 13.4. The molecule has 0 spiro atoms. The number of hydrogen-bond donors (Lipinski definition) is 3. The molecule has 2 amide bonds. The Morgan fingerprint density at radius 2 is 1.57 bits per heavy atom. The van der Waals surface area contributed by atoms with Gasteiger partial charge in [0.15, 0.2) is 5.78 Å². The van der Waals surface area contributed by atoms with Crippen molar-refractivity contribution in [2.75, 3.05) is 68.5 Å². The van der Waals surface area contributed by atoms with Crippen molar-refractivity contribution < 1.29 is 27.5 Å². The van der Waals surface area contributed by atoms with Gasteiger partial charge in [-0.2, -0.15) is 0 Å². The molecular formula is C45H54N6O6S. The summed E-state index contributed by atoms with van der Waals surface area (Å²) in [5, 5.41) is 7.36. The Bertz CT molecular complexity index is 2370. The summed E-state index contributed by atoms with van der Waals surface area (Å²) in [5.74, 6) is 1.85. The van der Waals surface area contributed by atoms with Gasteiger partial charge >= 0.3 is 6.03 Å². The molecule has 1 saturated heterocycles. The third-order valence-electron chi connectivity index (χ3n) is 10.2. The first-order valence-electron chi connectivity index (χ1n) is 19.6. The van der Waals surface area contributed by atoms with Crippen LogP contribution < -0.4 is 24.8 Å². The van der Waals surface area contributed by atoms with E-state index in [4.69, 9.17) is 9.47 Å². The molecule has 0 unspecified atom stereocenters. The van der Waals surface area contributed by atoms with Gasteiger partial charge < -0.3 is 29.9 Å². The van der Waals surface area contributed by atoms with Crippen LogP contribution >= 0.6 is 0 Å². The van der Waals surface area contributed by atoms with Crippen molar-refractivity contribution in [2.45, 2.75) is 51.9 Å². The molecule has 2 heterocycles. The van der Waals surface area contributed by atoms with Crippen LogP contribution in [0.25, 0.3) is 10.8 Å². The number of Topliss-reactive ketones (excluding diaryl/α,β-unsaturated/α-hetero) is 1. The number of carbonyl (C=O) groups excluding carboxylic acids is 2. The standard InChI is InChI=1S/C45H54N6O6S/c1-45(2,3)32-27-34(29-35(28-32)49-58(6,54)55)47-44(53)48-40-16-17-42(38-12-8-7-11-37(38)40)57-36-18-19-46-33(30-36)25-31-14-15-39(43(26-31)56-5)41(52)13-9-10-20-51-23-21-50(4)22-24-51/h7-8,11-12,14-19,26-30,49H,9-10,13,20-25H2,1-6H3,(H2,47,48,53). The fourth-order valence-corrected chi connectivity index (χ4v) is 7.56. The predicted molar refractivity (Wildman–Crippen MR) is 232 cm³/mol. The van der Waals surface area contributed by atoms with Crippen molar-refractivity contribution >= 4 is 49.7 Å². The van der Waals surface area contributed by atoms with E-state index in [-0.39, 0.29) is 11.2 Å². The molecule has 5 aromatic rings. The SMILES string of the molecule is COc1cc(Cc2cc(Oc3ccc(NC(=O)Nc4cc(NS(C)(=O)=O)cc(C(C)(C)C)c4)c4ccccc34)ccn2)ccc1C(=O)CCCCN1CCN(C)CC1. The maximum Gasteiger partial charge on any atom is 0.323 e. The summed E-state index contributed by atoms with van der Waals surface area (Å²) in [6.07, 6.45) is 5.63. The maximum absolute atomic E-state index is 13.3. The molecule has 6 rings (SSSR count). The van der Waals surface area contributed by atoms with E-state index >= 15 is 0 Å². The molecule has 0 bridgehead atoms. The number of carbonyl (C=O) groups is 2. The molecule has 4 aromatic carbocycles. The number of ether oxygens (including phenoxy) is 2. The summed E-state index contributed by atoms with van der Waals surface area (Å²) in [4.78, 5) is 35.9. The minimum Gasteiger partial charge on any atom is -0.496 e. The van der Waals surface area contributed by atoms with Gasteiger partial charge in [0, 0.05) is 73.4 Å². The number of amides is 2. The molecule has 0 atom stereocenters. The van der Waals surface area contributed by atoms with Gasteiger partial charge in [-0.05, 0) is 91.5 Å². The number of methoxy groups -OCH3 is 1. The zero-order valence-corrected chi connectivity index (χ0v) is 35.0. The molecule has 13 heteroatoms. The number of piperazine rings is 1. The number of urea groups is 1. The molecule has 0 aliphatic carbocycles. The number of nitrogens with one attached hydrogen (secondary N) is 3. The van der Waals surface area contributed by atoms with E-state index in [0.29, 0.717) is 52.7 Å². The van der Waals surface area contributed by atoms with E-state index in [9.17, 15) is 18.0 Å². The molecular weight excluding hydrogens is 753 g/mol. The minimum atomic E-state index is -3.53. The van der Waals surface area contributed by atoms with Crippen molar-refractivity contribution in [3.8, 4) is 17.2 Å². The lowest BCUT2D eigenvalue weighted by molar-refractivity contribution is 0.0972. The van der Waals surface area contributed by atoms with E-state index in [1.807, 2.05) is 75.4 Å². The minimum absolute atomic E-state index is 0.0910. The van der Waals surface area contributed by atoms with Crippen LogP contribution in [-0.4, -0.2) is 88.2 Å². The second-order valence-corrected chi connectivity index (χ2v) is 17.7. The van der Waals surface area contributed by atoms with Gasteiger partial charge in [0.25, 0.3) is 0 Å². The van der Waals surface area contributed by atoms with Gasteiger partial charge in [-0.3, -0.25) is 14.5 Å². The Morgan fingerprint density at radius 1 is 0.828 bits per heavy atom. The first kappa shape index (κ1) is 42.1. The third kappa shape index (κ3) is 11.6. The highest BCUT2D eigenvalue weighted by Crippen LogP contribution is 2.35. The van der Waals surface area contributed by atoms with Crippen LogP contribution in [0.3, 0.4) is 0 Å². The highest BCUT2D eigenvalue weighted by Gasteiger charge is 2.19. The van der Waals surface area contributed by atoms with Crippen molar-refractivity contribution in [3.05, 3.63) is 114 Å². The number of ketones is 1. The number of unbranched alkanes of at least 4 members (excludes halogenated alkanes) is 1. The lowest BCUT2D eigenvalue weighted by Gasteiger charge is -2.32.